The zero-order valence-corrected chi connectivity index (χ0v) is 14.3. The van der Waals surface area contributed by atoms with E-state index in [4.69, 9.17) is 16.3 Å². The third kappa shape index (κ3) is 4.30. The van der Waals surface area contributed by atoms with E-state index in [1.165, 1.54) is 4.88 Å². The van der Waals surface area contributed by atoms with Crippen LogP contribution in [0.2, 0.25) is 5.28 Å². The maximum Gasteiger partial charge on any atom is 0.224 e. The Hall–Kier alpha value is -0.910. The van der Waals surface area contributed by atoms with Crippen LogP contribution in [0.3, 0.4) is 0 Å². The summed E-state index contributed by atoms with van der Waals surface area (Å²) in [7, 11) is 1.99. The molecule has 0 bridgehead atoms. The summed E-state index contributed by atoms with van der Waals surface area (Å²) < 4.78 is 6.44. The second kappa shape index (κ2) is 8.39. The van der Waals surface area contributed by atoms with Crippen molar-refractivity contribution in [3.63, 3.8) is 0 Å². The smallest absolute Gasteiger partial charge is 0.224 e. The molecular formula is C14H22ClN3OS. The van der Waals surface area contributed by atoms with Gasteiger partial charge in [0.2, 0.25) is 5.28 Å². The first-order valence-corrected chi connectivity index (χ1v) is 8.03. The molecule has 0 aliphatic heterocycles. The van der Waals surface area contributed by atoms with E-state index in [1.54, 1.807) is 11.3 Å². The number of rotatable bonds is 5. The van der Waals surface area contributed by atoms with Gasteiger partial charge < -0.3 is 9.64 Å². The SMILES string of the molecule is CC.CCOCCN(C)c1nc(Cl)nc2cc(C)sc12. The minimum atomic E-state index is 0.290. The lowest BCUT2D eigenvalue weighted by atomic mass is 10.4. The highest BCUT2D eigenvalue weighted by Crippen LogP contribution is 2.31. The molecule has 0 atom stereocenters. The Morgan fingerprint density at radius 1 is 1.35 bits per heavy atom. The molecule has 0 saturated carbocycles. The number of likely N-dealkylation sites (N-methyl/N-ethyl adjacent to an activating group) is 1. The molecule has 2 rings (SSSR count). The number of hydrogen-bond acceptors (Lipinski definition) is 5. The largest absolute Gasteiger partial charge is 0.380 e. The van der Waals surface area contributed by atoms with E-state index < -0.39 is 0 Å². The third-order valence-corrected chi connectivity index (χ3v) is 3.79. The first-order chi connectivity index (χ1) is 9.61. The molecule has 0 aromatic carbocycles. The lowest BCUT2D eigenvalue weighted by Gasteiger charge is -2.18. The van der Waals surface area contributed by atoms with E-state index in [9.17, 15) is 0 Å². The Kier molecular flexibility index (Phi) is 7.19. The molecule has 0 radical (unpaired) electrons. The summed E-state index contributed by atoms with van der Waals surface area (Å²) in [5.74, 6) is 0.878. The fourth-order valence-corrected chi connectivity index (χ4v) is 2.88. The average Bonchev–Trinajstić information content (AvgIpc) is 2.80. The topological polar surface area (TPSA) is 38.2 Å². The Morgan fingerprint density at radius 3 is 2.70 bits per heavy atom. The molecular weight excluding hydrogens is 294 g/mol. The summed E-state index contributed by atoms with van der Waals surface area (Å²) in [6, 6.07) is 2.04. The number of aromatic nitrogens is 2. The number of anilines is 1. The van der Waals surface area contributed by atoms with Crippen molar-refractivity contribution in [2.45, 2.75) is 27.7 Å². The summed E-state index contributed by atoms with van der Waals surface area (Å²) in [4.78, 5) is 11.8. The van der Waals surface area contributed by atoms with Crippen molar-refractivity contribution in [3.05, 3.63) is 16.2 Å². The molecule has 2 aromatic heterocycles. The minimum absolute atomic E-state index is 0.290. The Balaban J connectivity index is 0.000000956. The van der Waals surface area contributed by atoms with E-state index in [0.29, 0.717) is 11.9 Å². The van der Waals surface area contributed by atoms with Crippen LogP contribution < -0.4 is 4.90 Å². The minimum Gasteiger partial charge on any atom is -0.380 e. The molecule has 6 heteroatoms. The molecule has 0 amide bonds. The average molecular weight is 316 g/mol. The van der Waals surface area contributed by atoms with Crippen molar-refractivity contribution in [2.24, 2.45) is 0 Å². The van der Waals surface area contributed by atoms with Crippen molar-refractivity contribution in [1.29, 1.82) is 0 Å². The number of ether oxygens (including phenoxy) is 1. The Bertz CT molecular complexity index is 544. The number of thiophene rings is 1. The van der Waals surface area contributed by atoms with Crippen LogP contribution in [-0.4, -0.2) is 36.8 Å². The van der Waals surface area contributed by atoms with Crippen LogP contribution in [0.4, 0.5) is 5.82 Å². The summed E-state index contributed by atoms with van der Waals surface area (Å²) in [6.45, 7) is 10.2. The van der Waals surface area contributed by atoms with Gasteiger partial charge in [-0.05, 0) is 31.5 Å². The molecule has 0 unspecified atom stereocenters. The molecule has 0 N–H and O–H groups in total. The summed E-state index contributed by atoms with van der Waals surface area (Å²) in [6.07, 6.45) is 0. The van der Waals surface area contributed by atoms with Gasteiger partial charge in [-0.2, -0.15) is 4.98 Å². The molecule has 0 aliphatic rings. The molecule has 0 fully saturated rings. The molecule has 0 aliphatic carbocycles. The molecule has 20 heavy (non-hydrogen) atoms. The van der Waals surface area contributed by atoms with Gasteiger partial charge in [-0.3, -0.25) is 0 Å². The van der Waals surface area contributed by atoms with E-state index in [-0.39, 0.29) is 0 Å². The van der Waals surface area contributed by atoms with E-state index in [1.807, 2.05) is 33.9 Å². The summed E-state index contributed by atoms with van der Waals surface area (Å²) in [5.41, 5.74) is 0.913. The van der Waals surface area contributed by atoms with Crippen molar-refractivity contribution in [3.8, 4) is 0 Å². The monoisotopic (exact) mass is 315 g/mol. The van der Waals surface area contributed by atoms with Crippen LogP contribution in [0.5, 0.6) is 0 Å². The number of fused-ring (bicyclic) bond motifs is 1. The van der Waals surface area contributed by atoms with Crippen LogP contribution in [0.1, 0.15) is 25.6 Å². The first kappa shape index (κ1) is 17.1. The Morgan fingerprint density at radius 2 is 2.05 bits per heavy atom. The van der Waals surface area contributed by atoms with Gasteiger partial charge in [0.25, 0.3) is 0 Å². The predicted octanol–water partition coefficient (Wildman–Crippen LogP) is 4.15. The van der Waals surface area contributed by atoms with Crippen LogP contribution in [0.25, 0.3) is 10.2 Å². The molecule has 2 aromatic rings. The highest BCUT2D eigenvalue weighted by atomic mass is 35.5. The standard InChI is InChI=1S/C12H16ClN3OS.C2H6/c1-4-17-6-5-16(3)11-10-9(7-8(2)18-10)14-12(13)15-11;1-2/h7H,4-6H2,1-3H3;1-2H3. The molecule has 2 heterocycles. The zero-order chi connectivity index (χ0) is 15.1. The van der Waals surface area contributed by atoms with Gasteiger partial charge in [0.1, 0.15) is 0 Å². The molecule has 112 valence electrons. The quantitative estimate of drug-likeness (QED) is 0.613. The lowest BCUT2D eigenvalue weighted by molar-refractivity contribution is 0.154. The number of halogens is 1. The van der Waals surface area contributed by atoms with E-state index in [2.05, 4.69) is 21.8 Å². The first-order valence-electron chi connectivity index (χ1n) is 6.84. The molecule has 4 nitrogen and oxygen atoms in total. The zero-order valence-electron chi connectivity index (χ0n) is 12.7. The fraction of sp³-hybridized carbons (Fsp3) is 0.571. The molecule has 0 saturated heterocycles. The van der Waals surface area contributed by atoms with Crippen molar-refractivity contribution < 1.29 is 4.74 Å². The second-order valence-electron chi connectivity index (χ2n) is 4.01. The highest BCUT2D eigenvalue weighted by Gasteiger charge is 2.13. The van der Waals surface area contributed by atoms with Crippen molar-refractivity contribution >= 4 is 39.0 Å². The third-order valence-electron chi connectivity index (χ3n) is 2.59. The van der Waals surface area contributed by atoms with Crippen molar-refractivity contribution in [2.75, 3.05) is 31.7 Å². The Labute approximate surface area is 129 Å². The predicted molar refractivity (Wildman–Crippen MR) is 88.3 cm³/mol. The van der Waals surface area contributed by atoms with E-state index >= 15 is 0 Å². The molecule has 0 spiro atoms. The van der Waals surface area contributed by atoms with Crippen LogP contribution >= 0.6 is 22.9 Å². The number of hydrogen-bond donors (Lipinski definition) is 0. The second-order valence-corrected chi connectivity index (χ2v) is 5.60. The maximum atomic E-state index is 5.96. The lowest BCUT2D eigenvalue weighted by Crippen LogP contribution is -2.23. The van der Waals surface area contributed by atoms with Gasteiger partial charge in [-0.1, -0.05) is 13.8 Å². The van der Waals surface area contributed by atoms with Gasteiger partial charge in [0.05, 0.1) is 16.8 Å². The fourth-order valence-electron chi connectivity index (χ4n) is 1.72. The number of aryl methyl sites for hydroxylation is 1. The van der Waals surface area contributed by atoms with Gasteiger partial charge >= 0.3 is 0 Å². The van der Waals surface area contributed by atoms with Gasteiger partial charge in [0.15, 0.2) is 5.82 Å². The highest BCUT2D eigenvalue weighted by molar-refractivity contribution is 7.19. The normalized spacial score (nSPS) is 10.3. The van der Waals surface area contributed by atoms with Gasteiger partial charge in [0, 0.05) is 25.1 Å². The van der Waals surface area contributed by atoms with Gasteiger partial charge in [-0.25, -0.2) is 4.98 Å². The van der Waals surface area contributed by atoms with Crippen LogP contribution in [0.15, 0.2) is 6.07 Å². The van der Waals surface area contributed by atoms with Crippen LogP contribution in [0, 0.1) is 6.92 Å². The van der Waals surface area contributed by atoms with Crippen LogP contribution in [-0.2, 0) is 4.74 Å². The summed E-state index contributed by atoms with van der Waals surface area (Å²) in [5, 5.41) is 0.290. The van der Waals surface area contributed by atoms with E-state index in [0.717, 1.165) is 29.2 Å². The number of nitrogens with zero attached hydrogens (tertiary/aromatic N) is 3. The summed E-state index contributed by atoms with van der Waals surface area (Å²) >= 11 is 7.65. The van der Waals surface area contributed by atoms with Crippen molar-refractivity contribution in [1.82, 2.24) is 9.97 Å². The van der Waals surface area contributed by atoms with Gasteiger partial charge in [-0.15, -0.1) is 11.3 Å². The maximum absolute atomic E-state index is 5.96.